The highest BCUT2D eigenvalue weighted by Gasteiger charge is 2.20. The Bertz CT molecular complexity index is 325. The van der Waals surface area contributed by atoms with E-state index < -0.39 is 0 Å². The van der Waals surface area contributed by atoms with Crippen LogP contribution < -0.4 is 5.32 Å². The second-order valence-corrected chi connectivity index (χ2v) is 5.10. The Labute approximate surface area is 103 Å². The molecule has 1 aromatic rings. The van der Waals surface area contributed by atoms with Crippen LogP contribution in [0.15, 0.2) is 24.3 Å². The molecule has 0 bridgehead atoms. The third-order valence-electron chi connectivity index (χ3n) is 2.68. The van der Waals surface area contributed by atoms with Gasteiger partial charge >= 0.3 is 0 Å². The molecule has 0 fully saturated rings. The molecule has 1 aromatic carbocycles. The molecule has 1 N–H and O–H groups in total. The second kappa shape index (κ2) is 6.26. The summed E-state index contributed by atoms with van der Waals surface area (Å²) in [4.78, 5) is 0. The topological polar surface area (TPSA) is 12.0 Å². The van der Waals surface area contributed by atoms with Gasteiger partial charge in [-0.05, 0) is 36.4 Å². The van der Waals surface area contributed by atoms with Crippen LogP contribution in [-0.4, -0.2) is 18.8 Å². The lowest BCUT2D eigenvalue weighted by Gasteiger charge is -2.25. The smallest absolute Gasteiger partial charge is 0.123 e. The van der Waals surface area contributed by atoms with Crippen molar-refractivity contribution in [3.8, 4) is 0 Å². The van der Waals surface area contributed by atoms with Crippen molar-refractivity contribution in [2.24, 2.45) is 0 Å². The summed E-state index contributed by atoms with van der Waals surface area (Å²) in [6, 6.07) is 6.83. The molecule has 0 aromatic heterocycles. The van der Waals surface area contributed by atoms with Gasteiger partial charge in [0.25, 0.3) is 0 Å². The molecule has 16 heavy (non-hydrogen) atoms. The standard InChI is InChI=1S/C13H20FNS/c1-13(2,10-15-7-4-8-16)11-5-3-6-12(14)9-11/h3,5-6,9,15-16H,4,7-8,10H2,1-2H3. The van der Waals surface area contributed by atoms with Gasteiger partial charge in [0.05, 0.1) is 0 Å². The normalized spacial score (nSPS) is 11.8. The molecule has 0 amide bonds. The van der Waals surface area contributed by atoms with Gasteiger partial charge < -0.3 is 5.32 Å². The highest BCUT2D eigenvalue weighted by atomic mass is 32.1. The molecule has 1 rings (SSSR count). The van der Waals surface area contributed by atoms with Crippen molar-refractivity contribution in [3.05, 3.63) is 35.6 Å². The molecule has 1 nitrogen and oxygen atoms in total. The fourth-order valence-corrected chi connectivity index (χ4v) is 1.77. The average molecular weight is 241 g/mol. The lowest BCUT2D eigenvalue weighted by Crippen LogP contribution is -2.33. The Morgan fingerprint density at radius 3 is 2.75 bits per heavy atom. The zero-order valence-electron chi connectivity index (χ0n) is 9.96. The van der Waals surface area contributed by atoms with E-state index >= 15 is 0 Å². The molecular weight excluding hydrogens is 221 g/mol. The van der Waals surface area contributed by atoms with Gasteiger partial charge in [-0.1, -0.05) is 26.0 Å². The van der Waals surface area contributed by atoms with E-state index in [0.717, 1.165) is 30.8 Å². The molecule has 0 heterocycles. The fraction of sp³-hybridized carbons (Fsp3) is 0.538. The summed E-state index contributed by atoms with van der Waals surface area (Å²) in [6.07, 6.45) is 1.06. The lowest BCUT2D eigenvalue weighted by molar-refractivity contribution is 0.467. The third-order valence-corrected chi connectivity index (χ3v) is 3.00. The predicted octanol–water partition coefficient (Wildman–Crippen LogP) is 3.01. The maximum absolute atomic E-state index is 13.1. The molecule has 0 radical (unpaired) electrons. The van der Waals surface area contributed by atoms with Crippen LogP contribution >= 0.6 is 12.6 Å². The minimum atomic E-state index is -0.166. The van der Waals surface area contributed by atoms with E-state index in [4.69, 9.17) is 0 Å². The van der Waals surface area contributed by atoms with Crippen LogP contribution in [0.3, 0.4) is 0 Å². The molecule has 0 aliphatic rings. The van der Waals surface area contributed by atoms with E-state index in [0.29, 0.717) is 0 Å². The Morgan fingerprint density at radius 2 is 2.12 bits per heavy atom. The van der Waals surface area contributed by atoms with Crippen molar-refractivity contribution in [1.29, 1.82) is 0 Å². The molecule has 0 unspecified atom stereocenters. The Hall–Kier alpha value is -0.540. The van der Waals surface area contributed by atoms with Crippen molar-refractivity contribution in [2.45, 2.75) is 25.7 Å². The summed E-state index contributed by atoms with van der Waals surface area (Å²) >= 11 is 4.16. The first-order valence-electron chi connectivity index (χ1n) is 5.64. The van der Waals surface area contributed by atoms with Gasteiger partial charge in [-0.2, -0.15) is 12.6 Å². The highest BCUT2D eigenvalue weighted by Crippen LogP contribution is 2.22. The van der Waals surface area contributed by atoms with Crippen LogP contribution in [0.2, 0.25) is 0 Å². The Morgan fingerprint density at radius 1 is 1.38 bits per heavy atom. The monoisotopic (exact) mass is 241 g/mol. The molecule has 0 saturated carbocycles. The first kappa shape index (κ1) is 13.5. The lowest BCUT2D eigenvalue weighted by atomic mass is 9.84. The summed E-state index contributed by atoms with van der Waals surface area (Å²) in [5.41, 5.74) is 0.990. The van der Waals surface area contributed by atoms with Crippen LogP contribution in [-0.2, 0) is 5.41 Å². The molecule has 90 valence electrons. The van der Waals surface area contributed by atoms with Crippen molar-refractivity contribution in [1.82, 2.24) is 5.32 Å². The number of benzene rings is 1. The van der Waals surface area contributed by atoms with Gasteiger partial charge in [-0.3, -0.25) is 0 Å². The summed E-state index contributed by atoms with van der Waals surface area (Å²) in [5, 5.41) is 3.37. The molecule has 0 spiro atoms. The summed E-state index contributed by atoms with van der Waals surface area (Å²) in [6.45, 7) is 6.05. The summed E-state index contributed by atoms with van der Waals surface area (Å²) in [7, 11) is 0. The zero-order chi connectivity index (χ0) is 12.0. The van der Waals surface area contributed by atoms with Crippen LogP contribution in [0.5, 0.6) is 0 Å². The van der Waals surface area contributed by atoms with E-state index in [2.05, 4.69) is 31.8 Å². The van der Waals surface area contributed by atoms with Gasteiger partial charge in [0.15, 0.2) is 0 Å². The summed E-state index contributed by atoms with van der Waals surface area (Å²) in [5.74, 6) is 0.730. The average Bonchev–Trinajstić information content (AvgIpc) is 2.24. The number of thiol groups is 1. The van der Waals surface area contributed by atoms with Crippen molar-refractivity contribution >= 4 is 12.6 Å². The maximum Gasteiger partial charge on any atom is 0.123 e. The van der Waals surface area contributed by atoms with Crippen molar-refractivity contribution in [2.75, 3.05) is 18.8 Å². The van der Waals surface area contributed by atoms with Crippen molar-refractivity contribution in [3.63, 3.8) is 0 Å². The number of nitrogens with one attached hydrogen (secondary N) is 1. The Balaban J connectivity index is 2.55. The third kappa shape index (κ3) is 4.14. The molecule has 0 aliphatic carbocycles. The van der Waals surface area contributed by atoms with Gasteiger partial charge in [0.2, 0.25) is 0 Å². The van der Waals surface area contributed by atoms with Gasteiger partial charge in [-0.15, -0.1) is 0 Å². The minimum absolute atomic E-state index is 0.0430. The Kier molecular flexibility index (Phi) is 5.29. The van der Waals surface area contributed by atoms with Crippen LogP contribution in [0.4, 0.5) is 4.39 Å². The molecular formula is C13H20FNS. The predicted molar refractivity (Wildman–Crippen MR) is 70.8 cm³/mol. The van der Waals surface area contributed by atoms with E-state index in [9.17, 15) is 4.39 Å². The van der Waals surface area contributed by atoms with Crippen LogP contribution in [0.25, 0.3) is 0 Å². The van der Waals surface area contributed by atoms with E-state index in [1.54, 1.807) is 12.1 Å². The van der Waals surface area contributed by atoms with Gasteiger partial charge in [0, 0.05) is 12.0 Å². The molecule has 0 aliphatic heterocycles. The first-order chi connectivity index (χ1) is 7.56. The summed E-state index contributed by atoms with van der Waals surface area (Å²) < 4.78 is 13.1. The molecule has 0 atom stereocenters. The fourth-order valence-electron chi connectivity index (χ4n) is 1.62. The molecule has 3 heteroatoms. The van der Waals surface area contributed by atoms with E-state index in [1.807, 2.05) is 6.07 Å². The minimum Gasteiger partial charge on any atom is -0.316 e. The first-order valence-corrected chi connectivity index (χ1v) is 6.27. The number of rotatable bonds is 6. The number of hydrogen-bond donors (Lipinski definition) is 2. The van der Waals surface area contributed by atoms with E-state index in [1.165, 1.54) is 6.07 Å². The van der Waals surface area contributed by atoms with Gasteiger partial charge in [0.1, 0.15) is 5.82 Å². The van der Waals surface area contributed by atoms with Crippen LogP contribution in [0.1, 0.15) is 25.8 Å². The largest absolute Gasteiger partial charge is 0.316 e. The number of halogens is 1. The maximum atomic E-state index is 13.1. The van der Waals surface area contributed by atoms with Crippen LogP contribution in [0, 0.1) is 5.82 Å². The van der Waals surface area contributed by atoms with Gasteiger partial charge in [-0.25, -0.2) is 4.39 Å². The number of hydrogen-bond acceptors (Lipinski definition) is 2. The quantitative estimate of drug-likeness (QED) is 0.576. The SMILES string of the molecule is CC(C)(CNCCCS)c1cccc(F)c1. The second-order valence-electron chi connectivity index (χ2n) is 4.65. The molecule has 0 saturated heterocycles. The van der Waals surface area contributed by atoms with E-state index in [-0.39, 0.29) is 11.2 Å². The van der Waals surface area contributed by atoms with Crippen molar-refractivity contribution < 1.29 is 4.39 Å². The zero-order valence-corrected chi connectivity index (χ0v) is 10.9. The highest BCUT2D eigenvalue weighted by molar-refractivity contribution is 7.80.